The lowest BCUT2D eigenvalue weighted by atomic mass is 10.3. The zero-order chi connectivity index (χ0) is 13.2. The summed E-state index contributed by atoms with van der Waals surface area (Å²) in [5.74, 6) is 0. The van der Waals surface area contributed by atoms with Crippen LogP contribution in [-0.4, -0.2) is 8.42 Å². The molecular weight excluding hydrogens is 290 g/mol. The molecule has 2 aromatic rings. The summed E-state index contributed by atoms with van der Waals surface area (Å²) >= 11 is 7.31. The largest absolute Gasteiger partial charge is 0.241 e. The summed E-state index contributed by atoms with van der Waals surface area (Å²) in [7, 11) is -3.54. The van der Waals surface area contributed by atoms with Gasteiger partial charge in [0, 0.05) is 9.90 Å². The summed E-state index contributed by atoms with van der Waals surface area (Å²) in [6.45, 7) is 1.81. The van der Waals surface area contributed by atoms with Crippen molar-refractivity contribution < 1.29 is 8.42 Å². The van der Waals surface area contributed by atoms with Crippen LogP contribution in [-0.2, 0) is 10.0 Å². The van der Waals surface area contributed by atoms with E-state index in [9.17, 15) is 8.42 Å². The highest BCUT2D eigenvalue weighted by Crippen LogP contribution is 2.22. The summed E-state index contributed by atoms with van der Waals surface area (Å²) in [6, 6.07) is 9.75. The van der Waals surface area contributed by atoms with Crippen molar-refractivity contribution in [3.63, 3.8) is 0 Å². The summed E-state index contributed by atoms with van der Waals surface area (Å²) in [5.41, 5.74) is 0. The Hall–Kier alpha value is -0.880. The van der Waals surface area contributed by atoms with Crippen LogP contribution in [0.25, 0.3) is 0 Å². The lowest BCUT2D eigenvalue weighted by molar-refractivity contribution is 0.568. The molecule has 96 valence electrons. The fourth-order valence-electron chi connectivity index (χ4n) is 1.53. The molecule has 2 rings (SSSR count). The van der Waals surface area contributed by atoms with Crippen LogP contribution in [0.3, 0.4) is 0 Å². The van der Waals surface area contributed by atoms with Crippen molar-refractivity contribution in [1.29, 1.82) is 0 Å². The highest BCUT2D eigenvalue weighted by molar-refractivity contribution is 7.89. The van der Waals surface area contributed by atoms with E-state index in [0.29, 0.717) is 5.02 Å². The van der Waals surface area contributed by atoms with E-state index in [1.807, 2.05) is 24.4 Å². The highest BCUT2D eigenvalue weighted by Gasteiger charge is 2.18. The standard InChI is InChI=1S/C12H12ClNO2S2/c1-9(12-6-3-7-17-12)14-18(15,16)11-5-2-4-10(13)8-11/h2-9,14H,1H3/t9-/m0/s1. The lowest BCUT2D eigenvalue weighted by Crippen LogP contribution is -2.26. The minimum atomic E-state index is -3.54. The average Bonchev–Trinajstić information content (AvgIpc) is 2.82. The molecule has 0 saturated heterocycles. The molecule has 0 fully saturated rings. The SMILES string of the molecule is C[C@H](NS(=O)(=O)c1cccc(Cl)c1)c1cccs1. The zero-order valence-corrected chi connectivity index (χ0v) is 12.0. The van der Waals surface area contributed by atoms with Crippen molar-refractivity contribution in [3.8, 4) is 0 Å². The molecule has 0 aliphatic rings. The van der Waals surface area contributed by atoms with Crippen LogP contribution in [0.4, 0.5) is 0 Å². The number of sulfonamides is 1. The van der Waals surface area contributed by atoms with E-state index < -0.39 is 10.0 Å². The van der Waals surface area contributed by atoms with E-state index in [1.54, 1.807) is 12.1 Å². The molecule has 18 heavy (non-hydrogen) atoms. The Balaban J connectivity index is 2.22. The fourth-order valence-corrected chi connectivity index (χ4v) is 3.86. The number of hydrogen-bond donors (Lipinski definition) is 1. The van der Waals surface area contributed by atoms with Crippen LogP contribution in [0, 0.1) is 0 Å². The molecule has 1 atom stereocenters. The number of thiophene rings is 1. The first-order valence-electron chi connectivity index (χ1n) is 5.30. The van der Waals surface area contributed by atoms with E-state index in [1.165, 1.54) is 23.5 Å². The van der Waals surface area contributed by atoms with Crippen LogP contribution >= 0.6 is 22.9 Å². The molecule has 1 heterocycles. The molecule has 0 bridgehead atoms. The van der Waals surface area contributed by atoms with Gasteiger partial charge < -0.3 is 0 Å². The minimum absolute atomic E-state index is 0.179. The molecule has 0 unspecified atom stereocenters. The minimum Gasteiger partial charge on any atom is -0.207 e. The Kier molecular flexibility index (Phi) is 4.07. The highest BCUT2D eigenvalue weighted by atomic mass is 35.5. The van der Waals surface area contributed by atoms with Crippen LogP contribution in [0.15, 0.2) is 46.7 Å². The van der Waals surface area contributed by atoms with Gasteiger partial charge in [-0.2, -0.15) is 0 Å². The maximum absolute atomic E-state index is 12.1. The smallest absolute Gasteiger partial charge is 0.207 e. The first-order chi connectivity index (χ1) is 8.49. The van der Waals surface area contributed by atoms with Crippen molar-refractivity contribution in [1.82, 2.24) is 4.72 Å². The van der Waals surface area contributed by atoms with Gasteiger partial charge in [0.2, 0.25) is 10.0 Å². The summed E-state index contributed by atoms with van der Waals surface area (Å²) in [5, 5.41) is 2.32. The topological polar surface area (TPSA) is 46.2 Å². The van der Waals surface area contributed by atoms with Gasteiger partial charge in [0.05, 0.1) is 10.9 Å². The molecule has 0 saturated carbocycles. The molecular formula is C12H12ClNO2S2. The Morgan fingerprint density at radius 1 is 1.28 bits per heavy atom. The molecule has 1 aromatic heterocycles. The van der Waals surface area contributed by atoms with Crippen LogP contribution in [0.1, 0.15) is 17.8 Å². The summed E-state index contributed by atoms with van der Waals surface area (Å²) < 4.78 is 26.9. The predicted molar refractivity (Wildman–Crippen MR) is 74.5 cm³/mol. The fraction of sp³-hybridized carbons (Fsp3) is 0.167. The second-order valence-electron chi connectivity index (χ2n) is 3.82. The maximum Gasteiger partial charge on any atom is 0.241 e. The average molecular weight is 302 g/mol. The third-order valence-corrected chi connectivity index (χ3v) is 5.24. The van der Waals surface area contributed by atoms with Crippen molar-refractivity contribution in [2.24, 2.45) is 0 Å². The molecule has 0 aliphatic carbocycles. The molecule has 0 spiro atoms. The normalized spacial score (nSPS) is 13.4. The van der Waals surface area contributed by atoms with Crippen LogP contribution in [0.5, 0.6) is 0 Å². The third kappa shape index (κ3) is 3.11. The van der Waals surface area contributed by atoms with Gasteiger partial charge in [-0.1, -0.05) is 23.7 Å². The van der Waals surface area contributed by atoms with E-state index >= 15 is 0 Å². The van der Waals surface area contributed by atoms with Gasteiger partial charge in [-0.3, -0.25) is 0 Å². The Bertz CT molecular complexity index is 623. The number of rotatable bonds is 4. The molecule has 1 N–H and O–H groups in total. The van der Waals surface area contributed by atoms with Crippen LogP contribution < -0.4 is 4.72 Å². The van der Waals surface area contributed by atoms with Crippen molar-refractivity contribution in [3.05, 3.63) is 51.7 Å². The monoisotopic (exact) mass is 301 g/mol. The van der Waals surface area contributed by atoms with E-state index in [-0.39, 0.29) is 10.9 Å². The predicted octanol–water partition coefficient (Wildman–Crippen LogP) is 3.44. The van der Waals surface area contributed by atoms with Gasteiger partial charge in [0.25, 0.3) is 0 Å². The molecule has 0 amide bonds. The molecule has 0 radical (unpaired) electrons. The van der Waals surface area contributed by atoms with Gasteiger partial charge >= 0.3 is 0 Å². The Labute approximate surface area is 115 Å². The van der Waals surface area contributed by atoms with Crippen molar-refractivity contribution in [2.75, 3.05) is 0 Å². The Morgan fingerprint density at radius 3 is 2.67 bits per heavy atom. The van der Waals surface area contributed by atoms with Gasteiger partial charge in [-0.15, -0.1) is 11.3 Å². The number of nitrogens with one attached hydrogen (secondary N) is 1. The molecule has 0 aliphatic heterocycles. The quantitative estimate of drug-likeness (QED) is 0.940. The van der Waals surface area contributed by atoms with E-state index in [0.717, 1.165) is 4.88 Å². The van der Waals surface area contributed by atoms with Gasteiger partial charge in [-0.25, -0.2) is 13.1 Å². The van der Waals surface area contributed by atoms with E-state index in [4.69, 9.17) is 11.6 Å². The first-order valence-corrected chi connectivity index (χ1v) is 8.04. The maximum atomic E-state index is 12.1. The zero-order valence-electron chi connectivity index (χ0n) is 9.63. The second kappa shape index (κ2) is 5.40. The second-order valence-corrected chi connectivity index (χ2v) is 6.95. The molecule has 1 aromatic carbocycles. The number of halogens is 1. The van der Waals surface area contributed by atoms with Crippen molar-refractivity contribution in [2.45, 2.75) is 17.9 Å². The van der Waals surface area contributed by atoms with Gasteiger partial charge in [-0.05, 0) is 36.6 Å². The molecule has 3 nitrogen and oxygen atoms in total. The van der Waals surface area contributed by atoms with Crippen LogP contribution in [0.2, 0.25) is 5.02 Å². The van der Waals surface area contributed by atoms with Crippen molar-refractivity contribution >= 4 is 33.0 Å². The first kappa shape index (κ1) is 13.5. The number of hydrogen-bond acceptors (Lipinski definition) is 3. The molecule has 6 heteroatoms. The van der Waals surface area contributed by atoms with E-state index in [2.05, 4.69) is 4.72 Å². The summed E-state index contributed by atoms with van der Waals surface area (Å²) in [4.78, 5) is 1.15. The van der Waals surface area contributed by atoms with Gasteiger partial charge in [0.1, 0.15) is 0 Å². The van der Waals surface area contributed by atoms with Gasteiger partial charge in [0.15, 0.2) is 0 Å². The Morgan fingerprint density at radius 2 is 2.06 bits per heavy atom. The number of benzene rings is 1. The summed E-state index contributed by atoms with van der Waals surface area (Å²) in [6.07, 6.45) is 0. The third-order valence-electron chi connectivity index (χ3n) is 2.41. The lowest BCUT2D eigenvalue weighted by Gasteiger charge is -2.12.